The molecule has 6 heteroatoms. The first-order chi connectivity index (χ1) is 14.6. The molecule has 0 bridgehead atoms. The highest BCUT2D eigenvalue weighted by Crippen LogP contribution is 2.28. The molecule has 1 fully saturated rings. The van der Waals surface area contributed by atoms with Crippen LogP contribution in [0.2, 0.25) is 0 Å². The van der Waals surface area contributed by atoms with Gasteiger partial charge in [-0.25, -0.2) is 0 Å². The number of piperazine rings is 1. The lowest BCUT2D eigenvalue weighted by Crippen LogP contribution is -2.47. The van der Waals surface area contributed by atoms with Crippen molar-refractivity contribution >= 4 is 12.0 Å². The standard InChI is InChI=1S/C24H27N3O3/c1-19-4-3-5-21(16-19)18-26-11-13-27(14-12-26)24(28)9-7-20-6-8-22(30-15-10-25)23(17-20)29-2/h3-9,16-17H,11-15,18H2,1-2H3/b9-7+. The van der Waals surface area contributed by atoms with E-state index in [0.717, 1.165) is 38.3 Å². The van der Waals surface area contributed by atoms with E-state index in [-0.39, 0.29) is 12.5 Å². The third-order valence-corrected chi connectivity index (χ3v) is 5.07. The fourth-order valence-electron chi connectivity index (χ4n) is 3.49. The molecule has 0 N–H and O–H groups in total. The number of aryl methyl sites for hydroxylation is 1. The molecule has 2 aromatic carbocycles. The second-order valence-corrected chi connectivity index (χ2v) is 7.28. The van der Waals surface area contributed by atoms with Crippen molar-refractivity contribution in [3.63, 3.8) is 0 Å². The van der Waals surface area contributed by atoms with Crippen molar-refractivity contribution in [2.24, 2.45) is 0 Å². The van der Waals surface area contributed by atoms with Gasteiger partial charge in [0.25, 0.3) is 0 Å². The van der Waals surface area contributed by atoms with Gasteiger partial charge in [0.1, 0.15) is 6.07 Å². The zero-order valence-corrected chi connectivity index (χ0v) is 17.5. The number of nitrogens with zero attached hydrogens (tertiary/aromatic N) is 3. The molecule has 6 nitrogen and oxygen atoms in total. The van der Waals surface area contributed by atoms with Crippen molar-refractivity contribution in [2.75, 3.05) is 39.9 Å². The molecule has 1 amide bonds. The van der Waals surface area contributed by atoms with Gasteiger partial charge in [0.05, 0.1) is 7.11 Å². The molecule has 2 aromatic rings. The molecule has 1 aliphatic rings. The Balaban J connectivity index is 1.53. The van der Waals surface area contributed by atoms with Crippen LogP contribution in [0.25, 0.3) is 6.08 Å². The Labute approximate surface area is 177 Å². The second-order valence-electron chi connectivity index (χ2n) is 7.28. The van der Waals surface area contributed by atoms with Gasteiger partial charge in [-0.15, -0.1) is 0 Å². The molecule has 0 spiro atoms. The van der Waals surface area contributed by atoms with E-state index >= 15 is 0 Å². The molecule has 0 radical (unpaired) electrons. The molecule has 30 heavy (non-hydrogen) atoms. The van der Waals surface area contributed by atoms with Crippen molar-refractivity contribution < 1.29 is 14.3 Å². The minimum absolute atomic E-state index is 0.00831. The Kier molecular flexibility index (Phi) is 7.47. The molecule has 0 aromatic heterocycles. The smallest absolute Gasteiger partial charge is 0.246 e. The van der Waals surface area contributed by atoms with Crippen molar-refractivity contribution in [2.45, 2.75) is 13.5 Å². The lowest BCUT2D eigenvalue weighted by molar-refractivity contribution is -0.127. The van der Waals surface area contributed by atoms with Gasteiger partial charge in [-0.3, -0.25) is 9.69 Å². The third kappa shape index (κ3) is 5.85. The average Bonchev–Trinajstić information content (AvgIpc) is 2.76. The first-order valence-electron chi connectivity index (χ1n) is 10.0. The highest BCUT2D eigenvalue weighted by atomic mass is 16.5. The maximum absolute atomic E-state index is 12.6. The number of carbonyl (C=O) groups is 1. The van der Waals surface area contributed by atoms with Gasteiger partial charge < -0.3 is 14.4 Å². The lowest BCUT2D eigenvalue weighted by atomic mass is 10.1. The van der Waals surface area contributed by atoms with Crippen molar-refractivity contribution in [1.82, 2.24) is 9.80 Å². The van der Waals surface area contributed by atoms with E-state index in [4.69, 9.17) is 14.7 Å². The molecule has 1 aliphatic heterocycles. The summed E-state index contributed by atoms with van der Waals surface area (Å²) in [5.41, 5.74) is 3.42. The van der Waals surface area contributed by atoms with Crippen molar-refractivity contribution in [3.05, 3.63) is 65.2 Å². The van der Waals surface area contributed by atoms with E-state index in [1.165, 1.54) is 11.1 Å². The minimum Gasteiger partial charge on any atom is -0.493 e. The van der Waals surface area contributed by atoms with E-state index in [9.17, 15) is 4.79 Å². The Morgan fingerprint density at radius 1 is 1.13 bits per heavy atom. The zero-order valence-electron chi connectivity index (χ0n) is 17.5. The third-order valence-electron chi connectivity index (χ3n) is 5.07. The van der Waals surface area contributed by atoms with Crippen molar-refractivity contribution in [1.29, 1.82) is 5.26 Å². The molecule has 156 valence electrons. The highest BCUT2D eigenvalue weighted by Gasteiger charge is 2.19. The summed E-state index contributed by atoms with van der Waals surface area (Å²) in [5.74, 6) is 1.05. The molecule has 0 unspecified atom stereocenters. The Bertz CT molecular complexity index is 941. The van der Waals surface area contributed by atoms with Crippen LogP contribution < -0.4 is 9.47 Å². The zero-order chi connectivity index (χ0) is 21.3. The van der Waals surface area contributed by atoms with Crippen LogP contribution in [0.3, 0.4) is 0 Å². The Hall–Kier alpha value is -3.30. The first kappa shape index (κ1) is 21.4. The number of amides is 1. The van der Waals surface area contributed by atoms with Crippen LogP contribution in [0, 0.1) is 18.3 Å². The topological polar surface area (TPSA) is 65.8 Å². The quantitative estimate of drug-likeness (QED) is 0.662. The van der Waals surface area contributed by atoms with E-state index in [0.29, 0.717) is 11.5 Å². The molecular formula is C24H27N3O3. The predicted octanol–water partition coefficient (Wildman–Crippen LogP) is 3.26. The number of rotatable bonds is 7. The molecular weight excluding hydrogens is 378 g/mol. The van der Waals surface area contributed by atoms with Crippen LogP contribution in [-0.4, -0.2) is 55.6 Å². The number of nitriles is 1. The largest absolute Gasteiger partial charge is 0.493 e. The SMILES string of the molecule is COc1cc(/C=C/C(=O)N2CCN(Cc3cccc(C)c3)CC2)ccc1OCC#N. The van der Waals surface area contributed by atoms with Gasteiger partial charge in [-0.2, -0.15) is 5.26 Å². The number of hydrogen-bond donors (Lipinski definition) is 0. The second kappa shape index (κ2) is 10.5. The maximum atomic E-state index is 12.6. The summed E-state index contributed by atoms with van der Waals surface area (Å²) in [7, 11) is 1.55. The van der Waals surface area contributed by atoms with E-state index in [2.05, 4.69) is 36.1 Å². The fraction of sp³-hybridized carbons (Fsp3) is 0.333. The van der Waals surface area contributed by atoms with Gasteiger partial charge in [0.2, 0.25) is 5.91 Å². The molecule has 0 atom stereocenters. The van der Waals surface area contributed by atoms with Crippen LogP contribution in [0.1, 0.15) is 16.7 Å². The van der Waals surface area contributed by atoms with E-state index < -0.39 is 0 Å². The number of ether oxygens (including phenoxy) is 2. The Morgan fingerprint density at radius 2 is 1.93 bits per heavy atom. The van der Waals surface area contributed by atoms with Gasteiger partial charge in [-0.05, 0) is 36.3 Å². The normalized spacial score (nSPS) is 14.5. The van der Waals surface area contributed by atoms with Crippen LogP contribution in [0.4, 0.5) is 0 Å². The van der Waals surface area contributed by atoms with Gasteiger partial charge in [0, 0.05) is 38.8 Å². The van der Waals surface area contributed by atoms with Crippen LogP contribution >= 0.6 is 0 Å². The summed E-state index contributed by atoms with van der Waals surface area (Å²) in [6, 6.07) is 15.9. The first-order valence-corrected chi connectivity index (χ1v) is 10.0. The molecule has 3 rings (SSSR count). The van der Waals surface area contributed by atoms with Crippen LogP contribution in [-0.2, 0) is 11.3 Å². The summed E-state index contributed by atoms with van der Waals surface area (Å²) in [6.07, 6.45) is 3.37. The molecule has 1 saturated heterocycles. The number of carbonyl (C=O) groups excluding carboxylic acids is 1. The van der Waals surface area contributed by atoms with Gasteiger partial charge >= 0.3 is 0 Å². The monoisotopic (exact) mass is 405 g/mol. The predicted molar refractivity (Wildman–Crippen MR) is 116 cm³/mol. The highest BCUT2D eigenvalue weighted by molar-refractivity contribution is 5.92. The molecule has 0 saturated carbocycles. The lowest BCUT2D eigenvalue weighted by Gasteiger charge is -2.34. The summed E-state index contributed by atoms with van der Waals surface area (Å²) in [5, 5.41) is 8.64. The van der Waals surface area contributed by atoms with Crippen molar-refractivity contribution in [3.8, 4) is 17.6 Å². The summed E-state index contributed by atoms with van der Waals surface area (Å²) < 4.78 is 10.6. The van der Waals surface area contributed by atoms with E-state index in [1.807, 2.05) is 17.0 Å². The molecule has 1 heterocycles. The Morgan fingerprint density at radius 3 is 2.63 bits per heavy atom. The fourth-order valence-corrected chi connectivity index (χ4v) is 3.49. The van der Waals surface area contributed by atoms with E-state index in [1.54, 1.807) is 31.4 Å². The minimum atomic E-state index is -0.0418. The summed E-state index contributed by atoms with van der Waals surface area (Å²) >= 11 is 0. The van der Waals surface area contributed by atoms with Gasteiger partial charge in [0.15, 0.2) is 18.1 Å². The maximum Gasteiger partial charge on any atom is 0.246 e. The number of methoxy groups -OCH3 is 1. The number of hydrogen-bond acceptors (Lipinski definition) is 5. The summed E-state index contributed by atoms with van der Waals surface area (Å²) in [6.45, 7) is 6.16. The van der Waals surface area contributed by atoms with Gasteiger partial charge in [-0.1, -0.05) is 35.9 Å². The summed E-state index contributed by atoms with van der Waals surface area (Å²) in [4.78, 5) is 16.8. The number of benzene rings is 2. The molecule has 0 aliphatic carbocycles. The van der Waals surface area contributed by atoms with Crippen LogP contribution in [0.5, 0.6) is 11.5 Å². The average molecular weight is 405 g/mol. The van der Waals surface area contributed by atoms with Crippen LogP contribution in [0.15, 0.2) is 48.5 Å².